The fourth-order valence-corrected chi connectivity index (χ4v) is 2.55. The molecule has 0 aliphatic carbocycles. The van der Waals surface area contributed by atoms with Crippen molar-refractivity contribution in [2.45, 2.75) is 25.8 Å². The summed E-state index contributed by atoms with van der Waals surface area (Å²) < 4.78 is 0. The summed E-state index contributed by atoms with van der Waals surface area (Å²) in [6.45, 7) is 3.88. The summed E-state index contributed by atoms with van der Waals surface area (Å²) in [5.41, 5.74) is 6.62. The normalized spacial score (nSPS) is 24.7. The van der Waals surface area contributed by atoms with Crippen LogP contribution in [0.25, 0.3) is 6.08 Å². The molecule has 3 nitrogen and oxygen atoms in total. The highest BCUT2D eigenvalue weighted by Crippen LogP contribution is 2.21. The lowest BCUT2D eigenvalue weighted by Gasteiger charge is -2.36. The first-order chi connectivity index (χ1) is 9.16. The zero-order valence-electron chi connectivity index (χ0n) is 11.5. The standard InChI is InChI=1S/C16H22N2O/c1-13-9-10-15(16(17)19)12-18(13)11-5-8-14-6-3-2-4-7-14/h2-8,13,15H,9-12H2,1H3,(H2,17,19)/b8-5+/t13-,15+/m1/s1. The number of hydrogen-bond acceptors (Lipinski definition) is 2. The van der Waals surface area contributed by atoms with Gasteiger partial charge in [0.05, 0.1) is 5.92 Å². The van der Waals surface area contributed by atoms with E-state index in [9.17, 15) is 4.79 Å². The summed E-state index contributed by atoms with van der Waals surface area (Å²) in [6, 6.07) is 10.8. The van der Waals surface area contributed by atoms with E-state index in [0.29, 0.717) is 6.04 Å². The van der Waals surface area contributed by atoms with Gasteiger partial charge in [0.25, 0.3) is 0 Å². The Kier molecular flexibility index (Phi) is 4.74. The van der Waals surface area contributed by atoms with E-state index in [4.69, 9.17) is 5.73 Å². The number of carbonyl (C=O) groups excluding carboxylic acids is 1. The molecule has 0 spiro atoms. The SMILES string of the molecule is C[C@@H]1CC[C@H](C(N)=O)CN1C/C=C/c1ccccc1. The molecule has 0 aromatic heterocycles. The van der Waals surface area contributed by atoms with Crippen LogP contribution in [0.1, 0.15) is 25.3 Å². The molecule has 2 atom stereocenters. The fourth-order valence-electron chi connectivity index (χ4n) is 2.55. The first-order valence-electron chi connectivity index (χ1n) is 6.92. The van der Waals surface area contributed by atoms with Gasteiger partial charge in [-0.2, -0.15) is 0 Å². The van der Waals surface area contributed by atoms with Gasteiger partial charge in [-0.15, -0.1) is 0 Å². The summed E-state index contributed by atoms with van der Waals surface area (Å²) in [5, 5.41) is 0. The van der Waals surface area contributed by atoms with Crippen LogP contribution >= 0.6 is 0 Å². The van der Waals surface area contributed by atoms with Gasteiger partial charge in [-0.1, -0.05) is 42.5 Å². The van der Waals surface area contributed by atoms with Crippen molar-refractivity contribution in [3.8, 4) is 0 Å². The average molecular weight is 258 g/mol. The summed E-state index contributed by atoms with van der Waals surface area (Å²) >= 11 is 0. The van der Waals surface area contributed by atoms with E-state index in [1.807, 2.05) is 18.2 Å². The van der Waals surface area contributed by atoms with E-state index >= 15 is 0 Å². The minimum absolute atomic E-state index is 0.0151. The molecule has 1 saturated heterocycles. The lowest BCUT2D eigenvalue weighted by atomic mass is 9.93. The topological polar surface area (TPSA) is 46.3 Å². The number of likely N-dealkylation sites (tertiary alicyclic amines) is 1. The molecule has 1 aromatic rings. The second-order valence-corrected chi connectivity index (χ2v) is 5.29. The predicted octanol–water partition coefficient (Wildman–Crippen LogP) is 2.29. The Hall–Kier alpha value is -1.61. The largest absolute Gasteiger partial charge is 0.369 e. The predicted molar refractivity (Wildman–Crippen MR) is 78.4 cm³/mol. The molecule has 3 heteroatoms. The smallest absolute Gasteiger partial charge is 0.221 e. The molecule has 1 aromatic carbocycles. The summed E-state index contributed by atoms with van der Waals surface area (Å²) in [6.07, 6.45) is 6.26. The summed E-state index contributed by atoms with van der Waals surface area (Å²) in [7, 11) is 0. The van der Waals surface area contributed by atoms with Crippen molar-refractivity contribution < 1.29 is 4.79 Å². The van der Waals surface area contributed by atoms with Crippen LogP contribution in [0.4, 0.5) is 0 Å². The van der Waals surface area contributed by atoms with Gasteiger partial charge in [-0.25, -0.2) is 0 Å². The molecule has 2 N–H and O–H groups in total. The zero-order valence-corrected chi connectivity index (χ0v) is 11.5. The fraction of sp³-hybridized carbons (Fsp3) is 0.438. The molecular formula is C16H22N2O. The maximum Gasteiger partial charge on any atom is 0.221 e. The number of nitrogens with zero attached hydrogens (tertiary/aromatic N) is 1. The molecular weight excluding hydrogens is 236 g/mol. The van der Waals surface area contributed by atoms with E-state index in [1.54, 1.807) is 0 Å². The van der Waals surface area contributed by atoms with Gasteiger partial charge in [-0.3, -0.25) is 9.69 Å². The third-order valence-corrected chi connectivity index (χ3v) is 3.86. The van der Waals surface area contributed by atoms with Crippen molar-refractivity contribution in [3.05, 3.63) is 42.0 Å². The van der Waals surface area contributed by atoms with Crippen molar-refractivity contribution in [1.29, 1.82) is 0 Å². The molecule has 1 heterocycles. The molecule has 0 radical (unpaired) electrons. The molecule has 0 unspecified atom stereocenters. The van der Waals surface area contributed by atoms with Gasteiger partial charge in [-0.05, 0) is 25.3 Å². The highest BCUT2D eigenvalue weighted by Gasteiger charge is 2.27. The monoisotopic (exact) mass is 258 g/mol. The van der Waals surface area contributed by atoms with Crippen LogP contribution in [0, 0.1) is 5.92 Å². The molecule has 1 fully saturated rings. The Bertz CT molecular complexity index is 441. The molecule has 1 amide bonds. The van der Waals surface area contributed by atoms with E-state index in [2.05, 4.69) is 36.1 Å². The molecule has 1 aliphatic rings. The maximum absolute atomic E-state index is 11.3. The summed E-state index contributed by atoms with van der Waals surface area (Å²) in [4.78, 5) is 13.6. The van der Waals surface area contributed by atoms with Gasteiger partial charge >= 0.3 is 0 Å². The second kappa shape index (κ2) is 6.53. The molecule has 0 bridgehead atoms. The Morgan fingerprint density at radius 1 is 1.37 bits per heavy atom. The third-order valence-electron chi connectivity index (χ3n) is 3.86. The number of rotatable bonds is 4. The Morgan fingerprint density at radius 3 is 2.79 bits per heavy atom. The molecule has 1 aliphatic heterocycles. The average Bonchev–Trinajstić information content (AvgIpc) is 2.42. The van der Waals surface area contributed by atoms with Crippen LogP contribution in [-0.4, -0.2) is 29.9 Å². The van der Waals surface area contributed by atoms with Crippen molar-refractivity contribution >= 4 is 12.0 Å². The highest BCUT2D eigenvalue weighted by atomic mass is 16.1. The van der Waals surface area contributed by atoms with Crippen LogP contribution in [-0.2, 0) is 4.79 Å². The Balaban J connectivity index is 1.90. The molecule has 2 rings (SSSR count). The maximum atomic E-state index is 11.3. The van der Waals surface area contributed by atoms with Crippen LogP contribution in [0.2, 0.25) is 0 Å². The van der Waals surface area contributed by atoms with Gasteiger partial charge in [0, 0.05) is 19.1 Å². The highest BCUT2D eigenvalue weighted by molar-refractivity contribution is 5.77. The number of benzene rings is 1. The van der Waals surface area contributed by atoms with Gasteiger partial charge in [0.1, 0.15) is 0 Å². The number of primary amides is 1. The van der Waals surface area contributed by atoms with Crippen LogP contribution < -0.4 is 5.73 Å². The number of piperidine rings is 1. The van der Waals surface area contributed by atoms with E-state index in [0.717, 1.165) is 25.9 Å². The Labute approximate surface area is 115 Å². The zero-order chi connectivity index (χ0) is 13.7. The Morgan fingerprint density at radius 2 is 2.11 bits per heavy atom. The van der Waals surface area contributed by atoms with Gasteiger partial charge in [0.2, 0.25) is 5.91 Å². The van der Waals surface area contributed by atoms with E-state index in [1.165, 1.54) is 5.56 Å². The quantitative estimate of drug-likeness (QED) is 0.900. The third kappa shape index (κ3) is 3.93. The minimum atomic E-state index is -0.163. The van der Waals surface area contributed by atoms with Gasteiger partial charge in [0.15, 0.2) is 0 Å². The number of carbonyl (C=O) groups is 1. The van der Waals surface area contributed by atoms with Crippen molar-refractivity contribution in [2.24, 2.45) is 11.7 Å². The van der Waals surface area contributed by atoms with Gasteiger partial charge < -0.3 is 5.73 Å². The number of hydrogen-bond donors (Lipinski definition) is 1. The summed E-state index contributed by atoms with van der Waals surface area (Å²) in [5.74, 6) is -0.148. The molecule has 0 saturated carbocycles. The van der Waals surface area contributed by atoms with Crippen molar-refractivity contribution in [1.82, 2.24) is 4.90 Å². The van der Waals surface area contributed by atoms with Crippen LogP contribution in [0.5, 0.6) is 0 Å². The van der Waals surface area contributed by atoms with E-state index in [-0.39, 0.29) is 11.8 Å². The lowest BCUT2D eigenvalue weighted by Crippen LogP contribution is -2.45. The lowest BCUT2D eigenvalue weighted by molar-refractivity contribution is -0.123. The van der Waals surface area contributed by atoms with Crippen molar-refractivity contribution in [3.63, 3.8) is 0 Å². The first-order valence-corrected chi connectivity index (χ1v) is 6.92. The van der Waals surface area contributed by atoms with E-state index < -0.39 is 0 Å². The minimum Gasteiger partial charge on any atom is -0.369 e. The van der Waals surface area contributed by atoms with Crippen LogP contribution in [0.3, 0.4) is 0 Å². The second-order valence-electron chi connectivity index (χ2n) is 5.29. The molecule has 102 valence electrons. The molecule has 19 heavy (non-hydrogen) atoms. The first kappa shape index (κ1) is 13.8. The van der Waals surface area contributed by atoms with Crippen molar-refractivity contribution in [2.75, 3.05) is 13.1 Å². The number of amides is 1. The van der Waals surface area contributed by atoms with Crippen LogP contribution in [0.15, 0.2) is 36.4 Å². The number of nitrogens with two attached hydrogens (primary N) is 1.